The Morgan fingerprint density at radius 3 is 2.39 bits per heavy atom. The van der Waals surface area contributed by atoms with Crippen LogP contribution in [0.3, 0.4) is 0 Å². The second-order valence-electron chi connectivity index (χ2n) is 7.17. The summed E-state index contributed by atoms with van der Waals surface area (Å²) in [6.07, 6.45) is 0. The molecule has 4 rings (SSSR count). The fraction of sp³-hybridized carbons (Fsp3) is 0.125. The molecule has 0 aliphatic carbocycles. The number of rotatable bonds is 6. The number of amides is 1. The molecule has 5 nitrogen and oxygen atoms in total. The molecule has 2 aromatic heterocycles. The minimum atomic E-state index is -3.84. The molecule has 0 atom stereocenters. The summed E-state index contributed by atoms with van der Waals surface area (Å²) in [6.45, 7) is 4.36. The molecule has 0 fully saturated rings. The first-order chi connectivity index (χ1) is 14.9. The number of aryl methyl sites for hydroxylation is 2. The zero-order valence-corrected chi connectivity index (χ0v) is 18.7. The number of sulfone groups is 1. The van der Waals surface area contributed by atoms with Gasteiger partial charge >= 0.3 is 0 Å². The number of hydrogen-bond donors (Lipinski definition) is 0. The first-order valence-electron chi connectivity index (χ1n) is 9.68. The quantitative estimate of drug-likeness (QED) is 0.381. The molecule has 0 N–H and O–H groups in total. The van der Waals surface area contributed by atoms with Crippen LogP contribution in [0, 0.1) is 13.8 Å². The van der Waals surface area contributed by atoms with E-state index in [9.17, 15) is 13.2 Å². The lowest BCUT2D eigenvalue weighted by Gasteiger charge is -2.22. The summed E-state index contributed by atoms with van der Waals surface area (Å²) in [7, 11) is -3.84. The maximum Gasteiger partial charge on any atom is 0.294 e. The summed E-state index contributed by atoms with van der Waals surface area (Å²) in [5.74, 6) is -0.421. The highest BCUT2D eigenvalue weighted by Crippen LogP contribution is 2.27. The van der Waals surface area contributed by atoms with Crippen molar-refractivity contribution in [2.45, 2.75) is 30.4 Å². The fourth-order valence-electron chi connectivity index (χ4n) is 3.16. The van der Waals surface area contributed by atoms with Gasteiger partial charge in [0, 0.05) is 10.6 Å². The van der Waals surface area contributed by atoms with Crippen LogP contribution in [0.1, 0.15) is 26.6 Å². The van der Waals surface area contributed by atoms with Crippen molar-refractivity contribution in [2.75, 3.05) is 4.90 Å². The summed E-state index contributed by atoms with van der Waals surface area (Å²) in [5.41, 5.74) is 2.92. The Morgan fingerprint density at radius 1 is 0.935 bits per heavy atom. The van der Waals surface area contributed by atoms with Crippen LogP contribution in [0.4, 0.5) is 5.69 Å². The first kappa shape index (κ1) is 21.1. The van der Waals surface area contributed by atoms with E-state index in [2.05, 4.69) is 0 Å². The van der Waals surface area contributed by atoms with E-state index in [-0.39, 0.29) is 15.7 Å². The lowest BCUT2D eigenvalue weighted by atomic mass is 10.1. The molecule has 4 aromatic rings. The van der Waals surface area contributed by atoms with E-state index in [1.165, 1.54) is 24.3 Å². The summed E-state index contributed by atoms with van der Waals surface area (Å²) in [5, 5.41) is 1.70. The molecular weight excluding hydrogens is 430 g/mol. The van der Waals surface area contributed by atoms with E-state index in [1.54, 1.807) is 34.4 Å². The maximum atomic E-state index is 13.4. The van der Waals surface area contributed by atoms with Crippen LogP contribution >= 0.6 is 11.3 Å². The van der Waals surface area contributed by atoms with Crippen molar-refractivity contribution in [1.82, 2.24) is 0 Å². The number of carbonyl (C=O) groups excluding carboxylic acids is 1. The summed E-state index contributed by atoms with van der Waals surface area (Å²) in [4.78, 5) is 16.1. The molecule has 0 aliphatic heterocycles. The lowest BCUT2D eigenvalue weighted by molar-refractivity contribution is 0.0953. The Morgan fingerprint density at radius 2 is 1.71 bits per heavy atom. The SMILES string of the molecule is Cc1ccc(N(Cc2cccs2)C(=O)c2ccc(S(=O)(=O)c3ccccc3)o2)cc1C. The molecule has 0 radical (unpaired) electrons. The number of hydrogen-bond acceptors (Lipinski definition) is 5. The summed E-state index contributed by atoms with van der Waals surface area (Å²) < 4.78 is 31.2. The number of furan rings is 1. The molecule has 0 spiro atoms. The Kier molecular flexibility index (Phi) is 5.80. The molecule has 0 bridgehead atoms. The van der Waals surface area contributed by atoms with Crippen molar-refractivity contribution in [3.05, 3.63) is 99.9 Å². The molecule has 0 saturated heterocycles. The number of thiophene rings is 1. The third kappa shape index (κ3) is 4.33. The zero-order valence-electron chi connectivity index (χ0n) is 17.1. The van der Waals surface area contributed by atoms with Crippen LogP contribution in [0.15, 0.2) is 92.6 Å². The fourth-order valence-corrected chi connectivity index (χ4v) is 5.05. The topological polar surface area (TPSA) is 67.6 Å². The Balaban J connectivity index is 1.70. The van der Waals surface area contributed by atoms with Crippen molar-refractivity contribution < 1.29 is 17.6 Å². The normalized spacial score (nSPS) is 11.4. The third-order valence-electron chi connectivity index (χ3n) is 5.05. The third-order valence-corrected chi connectivity index (χ3v) is 7.55. The van der Waals surface area contributed by atoms with Gasteiger partial charge in [-0.05, 0) is 72.8 Å². The Bertz CT molecular complexity index is 1310. The molecule has 1 amide bonds. The molecule has 0 saturated carbocycles. The van der Waals surface area contributed by atoms with Gasteiger partial charge in [-0.2, -0.15) is 0 Å². The van der Waals surface area contributed by atoms with E-state index < -0.39 is 15.7 Å². The molecule has 0 unspecified atom stereocenters. The van der Waals surface area contributed by atoms with Crippen LogP contribution in [0.5, 0.6) is 0 Å². The van der Waals surface area contributed by atoms with Gasteiger partial charge in [-0.25, -0.2) is 8.42 Å². The minimum Gasteiger partial charge on any atom is -0.439 e. The van der Waals surface area contributed by atoms with Gasteiger partial charge in [0.1, 0.15) is 0 Å². The number of nitrogens with zero attached hydrogens (tertiary/aromatic N) is 1. The average Bonchev–Trinajstić information content (AvgIpc) is 3.47. The van der Waals surface area contributed by atoms with Gasteiger partial charge in [-0.15, -0.1) is 11.3 Å². The highest BCUT2D eigenvalue weighted by molar-refractivity contribution is 7.91. The molecule has 7 heteroatoms. The van der Waals surface area contributed by atoms with Crippen molar-refractivity contribution in [3.8, 4) is 0 Å². The van der Waals surface area contributed by atoms with Gasteiger partial charge < -0.3 is 9.32 Å². The van der Waals surface area contributed by atoms with E-state index in [0.717, 1.165) is 21.7 Å². The van der Waals surface area contributed by atoms with Gasteiger partial charge in [0.15, 0.2) is 5.76 Å². The van der Waals surface area contributed by atoms with Gasteiger partial charge in [0.2, 0.25) is 14.9 Å². The van der Waals surface area contributed by atoms with E-state index in [0.29, 0.717) is 6.54 Å². The molecule has 2 heterocycles. The zero-order chi connectivity index (χ0) is 22.0. The monoisotopic (exact) mass is 451 g/mol. The van der Waals surface area contributed by atoms with E-state index >= 15 is 0 Å². The molecule has 158 valence electrons. The second kappa shape index (κ2) is 8.53. The number of anilines is 1. The van der Waals surface area contributed by atoms with E-state index in [4.69, 9.17) is 4.42 Å². The average molecular weight is 452 g/mol. The van der Waals surface area contributed by atoms with Crippen molar-refractivity contribution in [3.63, 3.8) is 0 Å². The van der Waals surface area contributed by atoms with Crippen molar-refractivity contribution in [2.24, 2.45) is 0 Å². The predicted octanol–water partition coefficient (Wildman–Crippen LogP) is 5.64. The first-order valence-corrected chi connectivity index (χ1v) is 12.0. The number of benzene rings is 2. The summed E-state index contributed by atoms with van der Waals surface area (Å²) in [6, 6.07) is 20.5. The predicted molar refractivity (Wildman–Crippen MR) is 121 cm³/mol. The van der Waals surface area contributed by atoms with Gasteiger partial charge in [0.25, 0.3) is 5.91 Å². The number of carbonyl (C=O) groups is 1. The van der Waals surface area contributed by atoms with E-state index in [1.807, 2.05) is 49.6 Å². The smallest absolute Gasteiger partial charge is 0.294 e. The largest absolute Gasteiger partial charge is 0.439 e. The minimum absolute atomic E-state index is 0.0238. The van der Waals surface area contributed by atoms with Crippen LogP contribution in [0.25, 0.3) is 0 Å². The van der Waals surface area contributed by atoms with Gasteiger partial charge in [-0.1, -0.05) is 30.3 Å². The van der Waals surface area contributed by atoms with Crippen LogP contribution in [0.2, 0.25) is 0 Å². The molecule has 31 heavy (non-hydrogen) atoms. The second-order valence-corrected chi connectivity index (χ2v) is 10.1. The van der Waals surface area contributed by atoms with Crippen molar-refractivity contribution in [1.29, 1.82) is 0 Å². The van der Waals surface area contributed by atoms with Crippen LogP contribution in [-0.4, -0.2) is 14.3 Å². The van der Waals surface area contributed by atoms with Gasteiger partial charge in [-0.3, -0.25) is 4.79 Å². The van der Waals surface area contributed by atoms with Crippen LogP contribution in [-0.2, 0) is 16.4 Å². The van der Waals surface area contributed by atoms with Gasteiger partial charge in [0.05, 0.1) is 11.4 Å². The standard InChI is InChI=1S/C24H21NO4S2/c1-17-10-11-19(15-18(17)2)25(16-20-7-6-14-30-20)24(26)22-12-13-23(29-22)31(27,28)21-8-4-3-5-9-21/h3-15H,16H2,1-2H3. The summed E-state index contributed by atoms with van der Waals surface area (Å²) >= 11 is 1.55. The highest BCUT2D eigenvalue weighted by atomic mass is 32.2. The van der Waals surface area contributed by atoms with Crippen molar-refractivity contribution >= 4 is 32.8 Å². The Hall–Kier alpha value is -3.16. The molecule has 2 aromatic carbocycles. The molecular formula is C24H21NO4S2. The lowest BCUT2D eigenvalue weighted by Crippen LogP contribution is -2.30. The maximum absolute atomic E-state index is 13.4. The highest BCUT2D eigenvalue weighted by Gasteiger charge is 2.26. The Labute approximate surface area is 185 Å². The van der Waals surface area contributed by atoms with Crippen LogP contribution < -0.4 is 4.90 Å². The molecule has 0 aliphatic rings.